The number of carbonyl (C=O) groups excluding carboxylic acids is 2. The summed E-state index contributed by atoms with van der Waals surface area (Å²) in [5.41, 5.74) is 5.23. The summed E-state index contributed by atoms with van der Waals surface area (Å²) in [5.74, 6) is 1.69. The Labute approximate surface area is 188 Å². The number of hydrogen-bond donors (Lipinski definition) is 3. The Morgan fingerprint density at radius 1 is 1.03 bits per heavy atom. The number of ether oxygens (including phenoxy) is 1. The number of amides is 2. The summed E-state index contributed by atoms with van der Waals surface area (Å²) in [7, 11) is -2.42. The van der Waals surface area contributed by atoms with Crippen LogP contribution >= 0.6 is 0 Å². The first-order valence-electron chi connectivity index (χ1n) is 11.5. The Balaban J connectivity index is 1.22. The molecular weight excluding hydrogens is 430 g/mol. The first-order valence-corrected chi connectivity index (χ1v) is 13.0. The van der Waals surface area contributed by atoms with Crippen molar-refractivity contribution in [3.8, 4) is 5.75 Å². The highest BCUT2D eigenvalue weighted by atomic mass is 32.2. The maximum absolute atomic E-state index is 12.7. The molecule has 0 atom stereocenters. The third kappa shape index (κ3) is 4.37. The summed E-state index contributed by atoms with van der Waals surface area (Å²) in [4.78, 5) is 25.2. The zero-order chi connectivity index (χ0) is 22.5. The normalized spacial score (nSPS) is 30.7. The third-order valence-corrected chi connectivity index (χ3v) is 9.17. The van der Waals surface area contributed by atoms with E-state index in [9.17, 15) is 18.0 Å². The zero-order valence-electron chi connectivity index (χ0n) is 18.4. The minimum Gasteiger partial charge on any atom is -0.495 e. The molecule has 0 saturated heterocycles. The van der Waals surface area contributed by atoms with Crippen molar-refractivity contribution in [3.63, 3.8) is 0 Å². The lowest BCUT2D eigenvalue weighted by Crippen LogP contribution is -2.50. The molecule has 1 aromatic carbocycles. The second-order valence-corrected chi connectivity index (χ2v) is 12.0. The average molecular weight is 462 g/mol. The van der Waals surface area contributed by atoms with E-state index in [1.54, 1.807) is 0 Å². The molecule has 0 spiro atoms. The van der Waals surface area contributed by atoms with Crippen LogP contribution in [0.4, 0.5) is 0 Å². The number of hydrazine groups is 1. The maximum atomic E-state index is 12.7. The Kier molecular flexibility index (Phi) is 5.44. The Morgan fingerprint density at radius 2 is 1.66 bits per heavy atom. The van der Waals surface area contributed by atoms with Crippen molar-refractivity contribution in [2.45, 2.75) is 68.7 Å². The SMILES string of the molecule is COc1ccc(C(=O)NNC(=O)CC23CC4CC(CC(C4)C2)C3)cc1S(=O)(=O)NC1CC1. The molecule has 0 aromatic heterocycles. The molecule has 1 aromatic rings. The molecule has 5 aliphatic rings. The molecular formula is C23H31N3O5S. The molecule has 32 heavy (non-hydrogen) atoms. The van der Waals surface area contributed by atoms with E-state index in [0.717, 1.165) is 49.9 Å². The molecule has 4 bridgehead atoms. The summed E-state index contributed by atoms with van der Waals surface area (Å²) in [6.45, 7) is 0. The van der Waals surface area contributed by atoms with E-state index < -0.39 is 15.9 Å². The molecule has 9 heteroatoms. The molecule has 2 amide bonds. The number of benzene rings is 1. The molecule has 0 unspecified atom stereocenters. The summed E-state index contributed by atoms with van der Waals surface area (Å²) >= 11 is 0. The summed E-state index contributed by atoms with van der Waals surface area (Å²) in [6, 6.07) is 4.15. The molecule has 6 rings (SSSR count). The second kappa shape index (κ2) is 8.02. The van der Waals surface area contributed by atoms with Crippen molar-refractivity contribution in [2.75, 3.05) is 7.11 Å². The number of methoxy groups -OCH3 is 1. The van der Waals surface area contributed by atoms with Gasteiger partial charge in [0.1, 0.15) is 10.6 Å². The van der Waals surface area contributed by atoms with Gasteiger partial charge >= 0.3 is 0 Å². The van der Waals surface area contributed by atoms with E-state index in [-0.39, 0.29) is 33.6 Å². The largest absolute Gasteiger partial charge is 0.495 e. The van der Waals surface area contributed by atoms with Gasteiger partial charge in [-0.3, -0.25) is 20.4 Å². The van der Waals surface area contributed by atoms with Crippen LogP contribution in [-0.4, -0.2) is 33.4 Å². The molecule has 5 fully saturated rings. The van der Waals surface area contributed by atoms with Gasteiger partial charge in [-0.2, -0.15) is 0 Å². The van der Waals surface area contributed by atoms with Gasteiger partial charge in [0, 0.05) is 18.0 Å². The van der Waals surface area contributed by atoms with E-state index in [1.165, 1.54) is 44.6 Å². The second-order valence-electron chi connectivity index (χ2n) is 10.4. The lowest BCUT2D eigenvalue weighted by molar-refractivity contribution is -0.130. The molecule has 174 valence electrons. The summed E-state index contributed by atoms with van der Waals surface area (Å²) in [5, 5.41) is 0. The van der Waals surface area contributed by atoms with Gasteiger partial charge in [-0.25, -0.2) is 13.1 Å². The highest BCUT2D eigenvalue weighted by Gasteiger charge is 2.51. The van der Waals surface area contributed by atoms with Gasteiger partial charge in [-0.1, -0.05) is 0 Å². The number of carbonyl (C=O) groups is 2. The van der Waals surface area contributed by atoms with Gasteiger partial charge in [0.25, 0.3) is 5.91 Å². The summed E-state index contributed by atoms with van der Waals surface area (Å²) < 4.78 is 33.1. The fourth-order valence-corrected chi connectivity index (χ4v) is 8.10. The lowest BCUT2D eigenvalue weighted by atomic mass is 9.49. The molecule has 0 radical (unpaired) electrons. The van der Waals surface area contributed by atoms with Crippen LogP contribution in [0.2, 0.25) is 0 Å². The number of rotatable bonds is 7. The fraction of sp³-hybridized carbons (Fsp3) is 0.652. The van der Waals surface area contributed by atoms with Crippen molar-refractivity contribution < 1.29 is 22.7 Å². The number of hydrogen-bond acceptors (Lipinski definition) is 5. The van der Waals surface area contributed by atoms with Gasteiger partial charge in [0.15, 0.2) is 0 Å². The van der Waals surface area contributed by atoms with Crippen LogP contribution in [0.5, 0.6) is 5.75 Å². The number of sulfonamides is 1. The van der Waals surface area contributed by atoms with Crippen LogP contribution in [0, 0.1) is 23.2 Å². The van der Waals surface area contributed by atoms with Crippen molar-refractivity contribution in [2.24, 2.45) is 23.2 Å². The van der Waals surface area contributed by atoms with Crippen molar-refractivity contribution in [1.29, 1.82) is 0 Å². The maximum Gasteiger partial charge on any atom is 0.269 e. The van der Waals surface area contributed by atoms with Gasteiger partial charge in [-0.15, -0.1) is 0 Å². The fourth-order valence-electron chi connectivity index (χ4n) is 6.60. The Hall–Kier alpha value is -2.13. The Morgan fingerprint density at radius 3 is 2.22 bits per heavy atom. The average Bonchev–Trinajstić information content (AvgIpc) is 3.53. The van der Waals surface area contributed by atoms with Gasteiger partial charge in [-0.05, 0) is 92.7 Å². The monoisotopic (exact) mass is 461 g/mol. The van der Waals surface area contributed by atoms with E-state index in [1.807, 2.05) is 0 Å². The quantitative estimate of drug-likeness (QED) is 0.540. The summed E-state index contributed by atoms with van der Waals surface area (Å²) in [6.07, 6.45) is 9.34. The first-order chi connectivity index (χ1) is 15.2. The van der Waals surface area contributed by atoms with E-state index >= 15 is 0 Å². The molecule has 0 aliphatic heterocycles. The Bertz CT molecular complexity index is 999. The smallest absolute Gasteiger partial charge is 0.269 e. The minimum absolute atomic E-state index is 0.0638. The van der Waals surface area contributed by atoms with E-state index in [0.29, 0.717) is 6.42 Å². The van der Waals surface area contributed by atoms with Crippen LogP contribution in [0.3, 0.4) is 0 Å². The van der Waals surface area contributed by atoms with Gasteiger partial charge < -0.3 is 4.74 Å². The van der Waals surface area contributed by atoms with E-state index in [4.69, 9.17) is 4.74 Å². The predicted molar refractivity (Wildman–Crippen MR) is 117 cm³/mol. The van der Waals surface area contributed by atoms with Crippen LogP contribution in [0.1, 0.15) is 68.1 Å². The molecule has 5 saturated carbocycles. The van der Waals surface area contributed by atoms with Crippen LogP contribution in [0.25, 0.3) is 0 Å². The van der Waals surface area contributed by atoms with E-state index in [2.05, 4.69) is 15.6 Å². The number of nitrogens with one attached hydrogen (secondary N) is 3. The topological polar surface area (TPSA) is 114 Å². The van der Waals surface area contributed by atoms with Crippen LogP contribution < -0.4 is 20.3 Å². The molecule has 8 nitrogen and oxygen atoms in total. The van der Waals surface area contributed by atoms with Crippen molar-refractivity contribution >= 4 is 21.8 Å². The predicted octanol–water partition coefficient (Wildman–Crippen LogP) is 2.50. The molecule has 0 heterocycles. The molecule has 5 aliphatic carbocycles. The van der Waals surface area contributed by atoms with Crippen molar-refractivity contribution in [3.05, 3.63) is 23.8 Å². The highest BCUT2D eigenvalue weighted by molar-refractivity contribution is 7.89. The first kappa shape index (κ1) is 21.7. The lowest BCUT2D eigenvalue weighted by Gasteiger charge is -2.56. The van der Waals surface area contributed by atoms with Crippen LogP contribution in [0.15, 0.2) is 23.1 Å². The highest BCUT2D eigenvalue weighted by Crippen LogP contribution is 2.61. The third-order valence-electron chi connectivity index (χ3n) is 7.63. The van der Waals surface area contributed by atoms with Crippen LogP contribution in [-0.2, 0) is 14.8 Å². The zero-order valence-corrected chi connectivity index (χ0v) is 19.2. The van der Waals surface area contributed by atoms with Gasteiger partial charge in [0.05, 0.1) is 7.11 Å². The standard InChI is InChI=1S/C23H31N3O5S/c1-31-19-5-2-17(9-20(19)32(29,30)26-18-3-4-18)22(28)25-24-21(27)13-23-10-14-6-15(11-23)8-16(7-14)12-23/h2,5,9,14-16,18,26H,3-4,6-8,10-13H2,1H3,(H,24,27)(H,25,28). The molecule has 3 N–H and O–H groups in total. The minimum atomic E-state index is -3.80. The van der Waals surface area contributed by atoms with Gasteiger partial charge in [0.2, 0.25) is 15.9 Å². The van der Waals surface area contributed by atoms with Crippen molar-refractivity contribution in [1.82, 2.24) is 15.6 Å².